The zero-order valence-electron chi connectivity index (χ0n) is 6.73. The van der Waals surface area contributed by atoms with Gasteiger partial charge in [0.2, 0.25) is 5.91 Å². The Morgan fingerprint density at radius 3 is 2.08 bits per heavy atom. The molecule has 1 amide bonds. The largest absolute Gasteiger partial charge is 0.340 e. The van der Waals surface area contributed by atoms with Crippen LogP contribution < -0.4 is 4.72 Å². The molecule has 72 valence electrons. The fourth-order valence-electron chi connectivity index (χ4n) is 0.782. The van der Waals surface area contributed by atoms with E-state index < -0.39 is 0 Å². The Kier molecular flexibility index (Phi) is 8.42. The van der Waals surface area contributed by atoms with Gasteiger partial charge in [0.05, 0.1) is 6.54 Å². The summed E-state index contributed by atoms with van der Waals surface area (Å²) in [5, 5.41) is 0. The maximum absolute atomic E-state index is 11.3. The first-order valence-corrected chi connectivity index (χ1v) is 5.34. The number of hydrogen-bond donors (Lipinski definition) is 4. The summed E-state index contributed by atoms with van der Waals surface area (Å²) < 4.78 is 2.52. The average molecular weight is 226 g/mol. The molecule has 0 aromatic heterocycles. The molecule has 0 aliphatic carbocycles. The summed E-state index contributed by atoms with van der Waals surface area (Å²) in [7, 11) is 0. The van der Waals surface area contributed by atoms with Gasteiger partial charge in [0.1, 0.15) is 0 Å². The molecule has 0 aliphatic rings. The normalized spacial score (nSPS) is 9.92. The van der Waals surface area contributed by atoms with Crippen LogP contribution in [-0.4, -0.2) is 41.9 Å². The molecular weight excluding hydrogens is 212 g/mol. The van der Waals surface area contributed by atoms with E-state index in [2.05, 4.69) is 42.8 Å². The zero-order valence-corrected chi connectivity index (χ0v) is 9.42. The lowest BCUT2D eigenvalue weighted by Crippen LogP contribution is -2.38. The van der Waals surface area contributed by atoms with Crippen molar-refractivity contribution in [1.82, 2.24) is 9.62 Å². The number of thiol groups is 3. The van der Waals surface area contributed by atoms with E-state index in [1.54, 1.807) is 4.90 Å². The second-order valence-electron chi connectivity index (χ2n) is 2.16. The Balaban J connectivity index is 3.81. The van der Waals surface area contributed by atoms with E-state index in [0.717, 1.165) is 0 Å². The van der Waals surface area contributed by atoms with E-state index >= 15 is 0 Å². The zero-order chi connectivity index (χ0) is 9.40. The third-order valence-electron chi connectivity index (χ3n) is 1.32. The molecule has 0 heterocycles. The van der Waals surface area contributed by atoms with Crippen molar-refractivity contribution in [2.24, 2.45) is 0 Å². The van der Waals surface area contributed by atoms with Crippen molar-refractivity contribution >= 4 is 44.0 Å². The molecule has 0 saturated heterocycles. The molecule has 6 heteroatoms. The van der Waals surface area contributed by atoms with Gasteiger partial charge in [0.15, 0.2) is 0 Å². The van der Waals surface area contributed by atoms with Crippen LogP contribution in [0.1, 0.15) is 0 Å². The molecule has 12 heavy (non-hydrogen) atoms. The molecule has 1 N–H and O–H groups in total. The molecular formula is C6H14N2OS3. The predicted octanol–water partition coefficient (Wildman–Crippen LogP) is 0.109. The molecule has 0 fully saturated rings. The standard InChI is InChI=1S/C6H14N2OS3/c9-6(5-7-12)8(1-3-10)2-4-11/h7,10-12H,1-5H2. The maximum Gasteiger partial charge on any atom is 0.237 e. The molecule has 0 aromatic carbocycles. The van der Waals surface area contributed by atoms with Crippen molar-refractivity contribution in [1.29, 1.82) is 0 Å². The summed E-state index contributed by atoms with van der Waals surface area (Å²) in [6.07, 6.45) is 0. The van der Waals surface area contributed by atoms with Gasteiger partial charge in [-0.1, -0.05) is 12.8 Å². The quantitative estimate of drug-likeness (QED) is 0.485. The first-order valence-electron chi connectivity index (χ1n) is 3.62. The summed E-state index contributed by atoms with van der Waals surface area (Å²) >= 11 is 11.9. The van der Waals surface area contributed by atoms with E-state index in [4.69, 9.17) is 0 Å². The molecule has 0 bridgehead atoms. The average Bonchev–Trinajstić information content (AvgIpc) is 2.04. The lowest BCUT2D eigenvalue weighted by molar-refractivity contribution is -0.129. The van der Waals surface area contributed by atoms with Crippen LogP contribution in [0.15, 0.2) is 0 Å². The van der Waals surface area contributed by atoms with Crippen LogP contribution in [0.2, 0.25) is 0 Å². The monoisotopic (exact) mass is 226 g/mol. The number of carbonyl (C=O) groups is 1. The number of amides is 1. The minimum Gasteiger partial charge on any atom is -0.340 e. The van der Waals surface area contributed by atoms with Gasteiger partial charge in [-0.05, 0) is 0 Å². The van der Waals surface area contributed by atoms with Gasteiger partial charge in [-0.3, -0.25) is 9.52 Å². The van der Waals surface area contributed by atoms with Crippen molar-refractivity contribution in [2.75, 3.05) is 31.1 Å². The Morgan fingerprint density at radius 2 is 1.75 bits per heavy atom. The maximum atomic E-state index is 11.3. The van der Waals surface area contributed by atoms with Gasteiger partial charge in [-0.15, -0.1) is 0 Å². The summed E-state index contributed by atoms with van der Waals surface area (Å²) in [5.74, 6) is 1.38. The first kappa shape index (κ1) is 12.5. The highest BCUT2D eigenvalue weighted by Gasteiger charge is 2.09. The van der Waals surface area contributed by atoms with Gasteiger partial charge >= 0.3 is 0 Å². The van der Waals surface area contributed by atoms with E-state index in [-0.39, 0.29) is 12.5 Å². The van der Waals surface area contributed by atoms with E-state index in [9.17, 15) is 4.79 Å². The number of nitrogens with one attached hydrogen (secondary N) is 1. The number of hydrogen-bond acceptors (Lipinski definition) is 5. The van der Waals surface area contributed by atoms with Crippen LogP contribution >= 0.6 is 38.1 Å². The molecule has 0 radical (unpaired) electrons. The Labute approximate surface area is 89.6 Å². The number of rotatable bonds is 6. The topological polar surface area (TPSA) is 32.3 Å². The van der Waals surface area contributed by atoms with Crippen molar-refractivity contribution in [3.63, 3.8) is 0 Å². The second-order valence-corrected chi connectivity index (χ2v) is 3.37. The molecule has 0 atom stereocenters. The van der Waals surface area contributed by atoms with Crippen LogP contribution in [-0.2, 0) is 4.79 Å². The Bertz CT molecular complexity index is 128. The smallest absolute Gasteiger partial charge is 0.237 e. The lowest BCUT2D eigenvalue weighted by Gasteiger charge is -2.20. The minimum absolute atomic E-state index is 0.0353. The summed E-state index contributed by atoms with van der Waals surface area (Å²) in [5.41, 5.74) is 0. The molecule has 0 aliphatic heterocycles. The number of carbonyl (C=O) groups excluding carboxylic acids is 1. The van der Waals surface area contributed by atoms with Gasteiger partial charge in [-0.25, -0.2) is 0 Å². The van der Waals surface area contributed by atoms with Gasteiger partial charge in [-0.2, -0.15) is 25.3 Å². The van der Waals surface area contributed by atoms with Crippen molar-refractivity contribution in [3.8, 4) is 0 Å². The summed E-state index contributed by atoms with van der Waals surface area (Å²) in [4.78, 5) is 13.0. The van der Waals surface area contributed by atoms with E-state index in [1.807, 2.05) is 0 Å². The van der Waals surface area contributed by atoms with Gasteiger partial charge < -0.3 is 4.90 Å². The SMILES string of the molecule is O=C(CNS)N(CCS)CCS. The molecule has 0 rings (SSSR count). The van der Waals surface area contributed by atoms with Gasteiger partial charge in [0.25, 0.3) is 0 Å². The lowest BCUT2D eigenvalue weighted by atomic mass is 10.4. The van der Waals surface area contributed by atoms with Crippen LogP contribution in [0.5, 0.6) is 0 Å². The van der Waals surface area contributed by atoms with Crippen molar-refractivity contribution in [2.45, 2.75) is 0 Å². The van der Waals surface area contributed by atoms with Gasteiger partial charge in [0, 0.05) is 24.6 Å². The van der Waals surface area contributed by atoms with Crippen LogP contribution in [0.3, 0.4) is 0 Å². The third-order valence-corrected chi connectivity index (χ3v) is 1.88. The Hall–Kier alpha value is 0.480. The highest BCUT2D eigenvalue weighted by atomic mass is 32.1. The van der Waals surface area contributed by atoms with Crippen LogP contribution in [0, 0.1) is 0 Å². The highest BCUT2D eigenvalue weighted by molar-refractivity contribution is 7.80. The third kappa shape index (κ3) is 5.18. The van der Waals surface area contributed by atoms with Crippen LogP contribution in [0.25, 0.3) is 0 Å². The fourth-order valence-corrected chi connectivity index (χ4v) is 1.40. The molecule has 0 aromatic rings. The Morgan fingerprint density at radius 1 is 1.25 bits per heavy atom. The van der Waals surface area contributed by atoms with Crippen LogP contribution in [0.4, 0.5) is 0 Å². The van der Waals surface area contributed by atoms with E-state index in [1.165, 1.54) is 0 Å². The van der Waals surface area contributed by atoms with Crippen molar-refractivity contribution < 1.29 is 4.79 Å². The second kappa shape index (κ2) is 8.10. The molecule has 3 nitrogen and oxygen atoms in total. The summed E-state index contributed by atoms with van der Waals surface area (Å²) in [6.45, 7) is 1.58. The molecule has 0 unspecified atom stereocenters. The summed E-state index contributed by atoms with van der Waals surface area (Å²) in [6, 6.07) is 0. The predicted molar refractivity (Wildman–Crippen MR) is 61.3 cm³/mol. The molecule has 0 spiro atoms. The van der Waals surface area contributed by atoms with Crippen molar-refractivity contribution in [3.05, 3.63) is 0 Å². The highest BCUT2D eigenvalue weighted by Crippen LogP contribution is 1.92. The molecule has 0 saturated carbocycles. The van der Waals surface area contributed by atoms with E-state index in [0.29, 0.717) is 24.6 Å². The minimum atomic E-state index is 0.0353. The first-order chi connectivity index (χ1) is 5.76. The number of nitrogens with zero attached hydrogens (tertiary/aromatic N) is 1. The fraction of sp³-hybridized carbons (Fsp3) is 0.833.